The van der Waals surface area contributed by atoms with Crippen molar-refractivity contribution in [2.75, 3.05) is 27.2 Å². The number of nitrogens with zero attached hydrogens (tertiary/aromatic N) is 1. The van der Waals surface area contributed by atoms with E-state index in [0.29, 0.717) is 24.0 Å². The third kappa shape index (κ3) is 2.50. The molecule has 1 aliphatic carbocycles. The molecule has 0 N–H and O–H groups in total. The molecule has 1 aromatic carbocycles. The van der Waals surface area contributed by atoms with E-state index in [0.717, 1.165) is 24.0 Å². The van der Waals surface area contributed by atoms with Crippen LogP contribution >= 0.6 is 0 Å². The fraction of sp³-hybridized carbons (Fsp3) is 0.471. The minimum absolute atomic E-state index is 0.312. The Labute approximate surface area is 115 Å². The maximum absolute atomic E-state index is 12.0. The van der Waals surface area contributed by atoms with Crippen LogP contribution < -0.4 is 0 Å². The molecule has 0 radical (unpaired) electrons. The summed E-state index contributed by atoms with van der Waals surface area (Å²) in [6.07, 6.45) is 3.69. The van der Waals surface area contributed by atoms with Gasteiger partial charge in [-0.05, 0) is 11.6 Å². The molecule has 2 atom stereocenters. The molecule has 0 saturated carbocycles. The molecule has 1 fully saturated rings. The molecule has 2 aliphatic rings. The lowest BCUT2D eigenvalue weighted by atomic mass is 9.71. The predicted molar refractivity (Wildman–Crippen MR) is 76.8 cm³/mol. The van der Waals surface area contributed by atoms with Gasteiger partial charge in [0.2, 0.25) is 0 Å². The number of benzene rings is 1. The molecule has 100 valence electrons. The maximum Gasteiger partial charge on any atom is 0.156 e. The summed E-state index contributed by atoms with van der Waals surface area (Å²) in [6.45, 7) is 2.30. The number of carbonyl (C=O) groups is 1. The highest BCUT2D eigenvalue weighted by Gasteiger charge is 2.40. The number of rotatable bonds is 1. The van der Waals surface area contributed by atoms with Crippen LogP contribution in [0.15, 0.2) is 42.0 Å². The Balaban J connectivity index is 1.96. The van der Waals surface area contributed by atoms with Gasteiger partial charge in [-0.15, -0.1) is 0 Å². The second-order valence-electron chi connectivity index (χ2n) is 6.61. The Bertz CT molecular complexity index is 515. The molecule has 0 amide bonds. The fourth-order valence-electron chi connectivity index (χ4n) is 3.60. The number of likely N-dealkylation sites (tertiary alicyclic amines) is 1. The highest BCUT2D eigenvalue weighted by Crippen LogP contribution is 2.41. The molecule has 0 unspecified atom stereocenters. The van der Waals surface area contributed by atoms with Gasteiger partial charge in [-0.25, -0.2) is 0 Å². The molecule has 1 heterocycles. The average Bonchev–Trinajstić information content (AvgIpc) is 2.39. The summed E-state index contributed by atoms with van der Waals surface area (Å²) in [7, 11) is 4.60. The van der Waals surface area contributed by atoms with Gasteiger partial charge in [0.15, 0.2) is 5.78 Å². The van der Waals surface area contributed by atoms with Crippen molar-refractivity contribution in [2.45, 2.75) is 18.8 Å². The van der Waals surface area contributed by atoms with Crippen molar-refractivity contribution in [3.05, 3.63) is 47.5 Å². The first-order chi connectivity index (χ1) is 9.05. The van der Waals surface area contributed by atoms with Crippen molar-refractivity contribution in [1.82, 2.24) is 0 Å². The van der Waals surface area contributed by atoms with Crippen LogP contribution in [0.2, 0.25) is 0 Å². The number of ketones is 1. The number of quaternary nitrogens is 1. The van der Waals surface area contributed by atoms with Gasteiger partial charge < -0.3 is 4.48 Å². The zero-order chi connectivity index (χ0) is 13.5. The maximum atomic E-state index is 12.0. The topological polar surface area (TPSA) is 17.1 Å². The first-order valence-corrected chi connectivity index (χ1v) is 7.15. The number of allylic oxidation sites excluding steroid dienone is 1. The van der Waals surface area contributed by atoms with Gasteiger partial charge in [-0.3, -0.25) is 4.79 Å². The van der Waals surface area contributed by atoms with E-state index in [1.165, 1.54) is 11.1 Å². The van der Waals surface area contributed by atoms with E-state index < -0.39 is 0 Å². The monoisotopic (exact) mass is 256 g/mol. The second kappa shape index (κ2) is 4.61. The zero-order valence-electron chi connectivity index (χ0n) is 11.8. The van der Waals surface area contributed by atoms with E-state index >= 15 is 0 Å². The van der Waals surface area contributed by atoms with Crippen LogP contribution in [0, 0.1) is 5.92 Å². The Kier molecular flexibility index (Phi) is 3.06. The van der Waals surface area contributed by atoms with E-state index in [-0.39, 0.29) is 0 Å². The van der Waals surface area contributed by atoms with Crippen molar-refractivity contribution in [3.63, 3.8) is 0 Å². The summed E-state index contributed by atoms with van der Waals surface area (Å²) in [4.78, 5) is 12.0. The molecule has 3 rings (SSSR count). The summed E-state index contributed by atoms with van der Waals surface area (Å²) in [5, 5.41) is 0. The van der Waals surface area contributed by atoms with Crippen LogP contribution in [-0.2, 0) is 4.79 Å². The number of carbonyl (C=O) groups excluding carboxylic acids is 1. The molecule has 1 saturated heterocycles. The van der Waals surface area contributed by atoms with Gasteiger partial charge in [0.25, 0.3) is 0 Å². The molecular weight excluding hydrogens is 234 g/mol. The highest BCUT2D eigenvalue weighted by atomic mass is 16.1. The SMILES string of the molecule is C[N+]1(C)CCC2=CC(=O)C[C@@H](c3ccccc3)[C@H]2C1. The van der Waals surface area contributed by atoms with Crippen LogP contribution in [0.5, 0.6) is 0 Å². The normalized spacial score (nSPS) is 29.6. The number of fused-ring (bicyclic) bond motifs is 1. The van der Waals surface area contributed by atoms with Crippen molar-refractivity contribution in [2.24, 2.45) is 5.92 Å². The van der Waals surface area contributed by atoms with Gasteiger partial charge in [0, 0.05) is 24.7 Å². The molecule has 1 aliphatic heterocycles. The Morgan fingerprint density at radius 3 is 2.58 bits per heavy atom. The van der Waals surface area contributed by atoms with E-state index in [1.54, 1.807) is 0 Å². The van der Waals surface area contributed by atoms with E-state index in [2.05, 4.69) is 38.4 Å². The zero-order valence-corrected chi connectivity index (χ0v) is 11.8. The Morgan fingerprint density at radius 2 is 1.84 bits per heavy atom. The van der Waals surface area contributed by atoms with Crippen molar-refractivity contribution < 1.29 is 9.28 Å². The summed E-state index contributed by atoms with van der Waals surface area (Å²) in [5.41, 5.74) is 2.72. The molecule has 19 heavy (non-hydrogen) atoms. The molecule has 0 bridgehead atoms. The van der Waals surface area contributed by atoms with Gasteiger partial charge in [0.1, 0.15) is 0 Å². The summed E-state index contributed by atoms with van der Waals surface area (Å²) >= 11 is 0. The molecule has 1 aromatic rings. The van der Waals surface area contributed by atoms with Crippen LogP contribution in [-0.4, -0.2) is 37.5 Å². The number of piperidine rings is 1. The first-order valence-electron chi connectivity index (χ1n) is 7.15. The second-order valence-corrected chi connectivity index (χ2v) is 6.61. The Morgan fingerprint density at radius 1 is 1.11 bits per heavy atom. The standard InChI is InChI=1S/C17H22NO/c1-18(2)9-8-14-10-15(19)11-16(17(14)12-18)13-6-4-3-5-7-13/h3-7,10,16-17H,8-9,11-12H2,1-2H3/q+1/t16-,17-/m0/s1. The minimum atomic E-state index is 0.312. The van der Waals surface area contributed by atoms with E-state index in [1.807, 2.05) is 12.1 Å². The third-order valence-electron chi connectivity index (χ3n) is 4.65. The Hall–Kier alpha value is -1.41. The largest absolute Gasteiger partial charge is 0.328 e. The van der Waals surface area contributed by atoms with Gasteiger partial charge in [0.05, 0.1) is 27.2 Å². The van der Waals surface area contributed by atoms with Crippen molar-refractivity contribution in [1.29, 1.82) is 0 Å². The lowest BCUT2D eigenvalue weighted by Gasteiger charge is -2.44. The van der Waals surface area contributed by atoms with E-state index in [9.17, 15) is 4.79 Å². The highest BCUT2D eigenvalue weighted by molar-refractivity contribution is 5.92. The van der Waals surface area contributed by atoms with Crippen LogP contribution in [0.1, 0.15) is 24.3 Å². The smallest absolute Gasteiger partial charge is 0.156 e. The summed E-state index contributed by atoms with van der Waals surface area (Å²) < 4.78 is 1.07. The van der Waals surface area contributed by atoms with Gasteiger partial charge in [-0.1, -0.05) is 35.9 Å². The van der Waals surface area contributed by atoms with Gasteiger partial charge >= 0.3 is 0 Å². The lowest BCUT2D eigenvalue weighted by molar-refractivity contribution is -0.896. The number of hydrogen-bond acceptors (Lipinski definition) is 1. The number of hydrogen-bond donors (Lipinski definition) is 0. The molecule has 0 spiro atoms. The molecule has 2 heteroatoms. The third-order valence-corrected chi connectivity index (χ3v) is 4.65. The molecule has 2 nitrogen and oxygen atoms in total. The molecular formula is C17H22NO+. The molecule has 0 aromatic heterocycles. The van der Waals surface area contributed by atoms with Crippen LogP contribution in [0.4, 0.5) is 0 Å². The van der Waals surface area contributed by atoms with E-state index in [4.69, 9.17) is 0 Å². The average molecular weight is 256 g/mol. The van der Waals surface area contributed by atoms with Crippen molar-refractivity contribution in [3.8, 4) is 0 Å². The minimum Gasteiger partial charge on any atom is -0.328 e. The predicted octanol–water partition coefficient (Wildman–Crippen LogP) is 2.77. The lowest BCUT2D eigenvalue weighted by Crippen LogP contribution is -2.50. The summed E-state index contributed by atoms with van der Waals surface area (Å²) in [6, 6.07) is 10.6. The van der Waals surface area contributed by atoms with Crippen molar-refractivity contribution >= 4 is 5.78 Å². The summed E-state index contributed by atoms with van der Waals surface area (Å²) in [5.74, 6) is 1.24. The quantitative estimate of drug-likeness (QED) is 0.706. The van der Waals surface area contributed by atoms with Crippen LogP contribution in [0.25, 0.3) is 0 Å². The van der Waals surface area contributed by atoms with Gasteiger partial charge in [-0.2, -0.15) is 0 Å². The van der Waals surface area contributed by atoms with Crippen LogP contribution in [0.3, 0.4) is 0 Å². The fourth-order valence-corrected chi connectivity index (χ4v) is 3.60. The first kappa shape index (κ1) is 12.6.